The van der Waals surface area contributed by atoms with Crippen LogP contribution in [0, 0.1) is 23.7 Å². The van der Waals surface area contributed by atoms with Gasteiger partial charge >= 0.3 is 19.5 Å². The molecule has 2 aromatic rings. The van der Waals surface area contributed by atoms with Crippen LogP contribution in [0.3, 0.4) is 0 Å². The number of aromatic nitrogens is 2. The molecule has 554 valence electrons. The van der Waals surface area contributed by atoms with Crippen molar-refractivity contribution in [1.29, 1.82) is 0 Å². The van der Waals surface area contributed by atoms with Gasteiger partial charge in [0, 0.05) is 49.6 Å². The minimum absolute atomic E-state index is 0. The van der Waals surface area contributed by atoms with Gasteiger partial charge < -0.3 is 100 Å². The Hall–Kier alpha value is -8.43. The molecule has 15 atom stereocenters. The van der Waals surface area contributed by atoms with Crippen molar-refractivity contribution < 1.29 is 96.8 Å². The number of hydrogen-bond acceptors (Lipinski definition) is 21. The average Bonchev–Trinajstić information content (AvgIpc) is 1.78. The molecule has 0 spiro atoms. The number of carboxylic acid groups (broad SMARTS) is 2. The predicted octanol–water partition coefficient (Wildman–Crippen LogP) is -4.35. The molecule has 0 aliphatic carbocycles. The summed E-state index contributed by atoms with van der Waals surface area (Å²) in [5.41, 5.74) is 18.7. The summed E-state index contributed by atoms with van der Waals surface area (Å²) in [4.78, 5) is 206. The van der Waals surface area contributed by atoms with Crippen LogP contribution in [-0.4, -0.2) is 189 Å². The Bertz CT molecular complexity index is 3170. The molecule has 1 aromatic heterocycles. The third-order valence-electron chi connectivity index (χ3n) is 17.5. The maximum atomic E-state index is 14.9. The fourth-order valence-corrected chi connectivity index (χ4v) is 12.0. The minimum atomic E-state index is -2.01. The molecule has 35 heteroatoms. The Morgan fingerprint density at radius 2 is 1.26 bits per heavy atom. The van der Waals surface area contributed by atoms with Gasteiger partial charge in [-0.15, -0.1) is 0 Å². The Morgan fingerprint density at radius 3 is 1.84 bits per heavy atom. The number of nitrogens with one attached hydrogen (secondary N) is 12. The van der Waals surface area contributed by atoms with E-state index in [0.29, 0.717) is 10.6 Å². The van der Waals surface area contributed by atoms with Crippen LogP contribution in [0.15, 0.2) is 47.8 Å². The molecule has 2 aliphatic rings. The van der Waals surface area contributed by atoms with Crippen LogP contribution >= 0.6 is 11.8 Å². The topological polar surface area (TPSA) is 537 Å². The van der Waals surface area contributed by atoms with Gasteiger partial charge in [-0.05, 0) is 87.1 Å². The summed E-state index contributed by atoms with van der Waals surface area (Å²) < 4.78 is 0. The van der Waals surface area contributed by atoms with Crippen molar-refractivity contribution in [3.8, 4) is 0 Å². The Kier molecular flexibility index (Phi) is 37.9. The first-order valence-electron chi connectivity index (χ1n) is 34.1. The van der Waals surface area contributed by atoms with E-state index in [-0.39, 0.29) is 121 Å². The summed E-state index contributed by atoms with van der Waals surface area (Å²) in [6.07, 6.45) is -0.0657. The van der Waals surface area contributed by atoms with Gasteiger partial charge in [-0.2, -0.15) is 0 Å². The molecule has 12 amide bonds. The number of aromatic amines is 1. The van der Waals surface area contributed by atoms with E-state index in [0.717, 1.165) is 6.42 Å². The largest absolute Gasteiger partial charge is 2.00 e. The summed E-state index contributed by atoms with van der Waals surface area (Å²) in [5.74, 6) is -16.4. The summed E-state index contributed by atoms with van der Waals surface area (Å²) in [6, 6.07) is -7.73. The molecule has 1 aromatic carbocycles. The smallest absolute Gasteiger partial charge is 0.550 e. The van der Waals surface area contributed by atoms with Gasteiger partial charge in [-0.3, -0.25) is 62.5 Å². The van der Waals surface area contributed by atoms with Crippen LogP contribution in [0.25, 0.3) is 0 Å². The van der Waals surface area contributed by atoms with Gasteiger partial charge in [0.15, 0.2) is 0 Å². The van der Waals surface area contributed by atoms with Crippen molar-refractivity contribution in [2.75, 3.05) is 19.6 Å². The number of thioether (sulfide) groups is 1. The number of primary amides is 1. The number of hydrogen-bond donors (Lipinski definition) is 15. The van der Waals surface area contributed by atoms with Gasteiger partial charge in [0.25, 0.3) is 0 Å². The maximum Gasteiger partial charge on any atom is 2.00 e. The van der Waals surface area contributed by atoms with E-state index < -0.39 is 192 Å². The number of rotatable bonds is 31. The van der Waals surface area contributed by atoms with Crippen molar-refractivity contribution >= 4 is 99.6 Å². The van der Waals surface area contributed by atoms with Crippen LogP contribution in [0.5, 0.6) is 0 Å². The Morgan fingerprint density at radius 1 is 0.663 bits per heavy atom. The van der Waals surface area contributed by atoms with E-state index in [9.17, 15) is 77.3 Å². The van der Waals surface area contributed by atoms with Crippen LogP contribution in [0.1, 0.15) is 150 Å². The van der Waals surface area contributed by atoms with Crippen molar-refractivity contribution in [2.45, 2.75) is 223 Å². The number of imidazole rings is 1. The number of aliphatic carboxylic acids is 2. The molecule has 2 aliphatic heterocycles. The fourth-order valence-electron chi connectivity index (χ4n) is 10.8. The number of aliphatic imine (C=N–C) groups is 1. The second kappa shape index (κ2) is 44.1. The molecular weight excluding hydrogens is 1380 g/mol. The first-order valence-corrected chi connectivity index (χ1v) is 34.9. The molecule has 0 saturated carbocycles. The quantitative estimate of drug-likeness (QED) is 0.0317. The zero-order valence-electron chi connectivity index (χ0n) is 58.8. The van der Waals surface area contributed by atoms with E-state index in [1.807, 2.05) is 13.8 Å². The number of H-pyrrole nitrogens is 1. The summed E-state index contributed by atoms with van der Waals surface area (Å²) >= 11 is 1.19. The number of carboxylic acids is 2. The zero-order valence-corrected chi connectivity index (χ0v) is 62.6. The second-order valence-electron chi connectivity index (χ2n) is 25.9. The molecule has 1 fully saturated rings. The monoisotopic (exact) mass is 1480 g/mol. The first-order chi connectivity index (χ1) is 47.4. The van der Waals surface area contributed by atoms with Crippen LogP contribution in [0.4, 0.5) is 0 Å². The number of benzene rings is 1. The van der Waals surface area contributed by atoms with E-state index in [1.165, 1.54) is 24.3 Å². The molecule has 0 radical (unpaired) electrons. The molecule has 3 heterocycles. The minimum Gasteiger partial charge on any atom is -0.550 e. The third kappa shape index (κ3) is 29.2. The fraction of sp³-hybridized carbons (Fsp3) is 0.636. The normalized spacial score (nSPS) is 22.9. The van der Waals surface area contributed by atoms with E-state index in [2.05, 4.69) is 73.4 Å². The van der Waals surface area contributed by atoms with Crippen molar-refractivity contribution in [3.63, 3.8) is 0 Å². The van der Waals surface area contributed by atoms with Gasteiger partial charge in [-0.25, -0.2) is 4.98 Å². The summed E-state index contributed by atoms with van der Waals surface area (Å²) in [6.45, 7) is 14.1. The molecule has 1 saturated heterocycles. The first kappa shape index (κ1) is 86.8. The number of amides is 12. The van der Waals surface area contributed by atoms with Gasteiger partial charge in [-0.1, -0.05) is 117 Å². The van der Waals surface area contributed by atoms with Crippen molar-refractivity contribution in [3.05, 3.63) is 54.1 Å². The Labute approximate surface area is 605 Å². The van der Waals surface area contributed by atoms with Crippen LogP contribution in [-0.2, 0) is 99.4 Å². The molecule has 33 nitrogen and oxygen atoms in total. The SMILES string of the molecule is CC[C@H](C)[C@H](N)C1=NC[C@@H](C(=O)N[C@@H](CC(C)C)C(=O)N[C@@H](CCC(=O)[O-])C(=O)N[C@H](C(=O)N[C@H]2CCCCNC(=O)[C@H](CC(N)=O)NC(=O)[C@@H](CC(=O)[O-])NC(=O)[C@@H](Cc3cnc[nH]3)NC(=O)[C@H](Cc3ccccc3)NC(=O)[C@H]([C@@H](C)CC)NC(=O)[C@H](CCCN)NC2=O)[C@@H](C)CC)S1.[Zn+2]. The molecule has 18 N–H and O–H groups in total. The number of nitrogens with zero attached hydrogens (tertiary/aromatic N) is 2. The number of carbonyl (C=O) groups is 14. The number of carbonyl (C=O) groups excluding carboxylic acids is 14. The zero-order chi connectivity index (χ0) is 74.3. The van der Waals surface area contributed by atoms with Gasteiger partial charge in [0.2, 0.25) is 70.9 Å². The van der Waals surface area contributed by atoms with Crippen LogP contribution in [0.2, 0.25) is 0 Å². The summed E-state index contributed by atoms with van der Waals surface area (Å²) in [5, 5.41) is 52.5. The molecule has 0 bridgehead atoms. The van der Waals surface area contributed by atoms with Gasteiger partial charge in [0.1, 0.15) is 65.7 Å². The average molecular weight is 1490 g/mol. The van der Waals surface area contributed by atoms with E-state index in [1.54, 1.807) is 71.9 Å². The number of nitrogens with two attached hydrogens (primary N) is 3. The molecule has 0 unspecified atom stereocenters. The van der Waals surface area contributed by atoms with Crippen molar-refractivity contribution in [2.24, 2.45) is 45.9 Å². The van der Waals surface area contributed by atoms with Crippen LogP contribution < -0.4 is 85.9 Å². The summed E-state index contributed by atoms with van der Waals surface area (Å²) in [7, 11) is 0. The second-order valence-corrected chi connectivity index (χ2v) is 27.1. The predicted molar refractivity (Wildman–Crippen MR) is 364 cm³/mol. The maximum absolute atomic E-state index is 14.9. The third-order valence-corrected chi connectivity index (χ3v) is 18.7. The van der Waals surface area contributed by atoms with Gasteiger partial charge in [0.05, 0.1) is 30.4 Å². The molecule has 101 heavy (non-hydrogen) atoms. The Balaban J connectivity index is 0.0000265. The van der Waals surface area contributed by atoms with Crippen molar-refractivity contribution in [1.82, 2.24) is 68.5 Å². The molecule has 4 rings (SSSR count). The van der Waals surface area contributed by atoms with E-state index in [4.69, 9.17) is 17.2 Å². The van der Waals surface area contributed by atoms with E-state index >= 15 is 0 Å². The standard InChI is InChI=1S/C66H103N17O16S.Zn/c1-9-35(6)52(69)66-72-32-48(100-66)63(97)80-43(26-34(4)5)59(93)75-42(22-23-50(85)86)58(92)83-53(36(7)10-2)64(98)76-40-20-15-16-25-71-55(89)46(29-49(68)84)78-62(96)47(30-51(87)88)79-61(95)45(28-39-31-70-33-73-39)77-60(94)44(27-38-18-13-12-14-19-38)81-65(99)54(37(8)11-3)82-57(91)41(21-17-24-67)74-56(40)90;/h12-14,18-19,31,33-37,40-48,52-54H,9-11,15-17,20-30,32,67,69H2,1-8H3,(H2,68,84)(H,70,73)(H,71,89)(H,74,90)(H,75,93)(H,76,98)(H,77,94)(H,78,96)(H,79,95)(H,80,97)(H,81,99)(H,82,91)(H,83,92)(H,85,86)(H,87,88);/q;+2/p-2/t35-,36-,37-,40-,41-,42-,43-,44-,45+,46-,47+,48-,52-,53-,54-;/m0./s1. The molecular formula is C66H101N17O16SZn.